The third-order valence-corrected chi connectivity index (χ3v) is 4.65. The van der Waals surface area contributed by atoms with Gasteiger partial charge >= 0.3 is 0 Å². The number of benzene rings is 2. The fourth-order valence-electron chi connectivity index (χ4n) is 3.03. The van der Waals surface area contributed by atoms with E-state index in [0.717, 1.165) is 35.1 Å². The van der Waals surface area contributed by atoms with Gasteiger partial charge in [-0.05, 0) is 35.4 Å². The fraction of sp³-hybridized carbons (Fsp3) is 0. The molecule has 0 unspecified atom stereocenters. The maximum Gasteiger partial charge on any atom is 0.210 e. The van der Waals surface area contributed by atoms with Crippen LogP contribution >= 0.6 is 0 Å². The molecule has 134 valence electrons. The second-order valence-electron chi connectivity index (χ2n) is 6.41. The first kappa shape index (κ1) is 17.5. The van der Waals surface area contributed by atoms with Crippen LogP contribution in [-0.4, -0.2) is 12.6 Å². The molecule has 0 aliphatic rings. The summed E-state index contributed by atoms with van der Waals surface area (Å²) in [4.78, 5) is 21.6. The Morgan fingerprint density at radius 1 is 0.464 bits per heavy atom. The van der Waals surface area contributed by atoms with Crippen LogP contribution in [-0.2, 0) is 0 Å². The first-order valence-electron chi connectivity index (χ1n) is 8.91. The summed E-state index contributed by atoms with van der Waals surface area (Å²) in [5.74, 6) is 0. The average molecular weight is 366 g/mol. The highest BCUT2D eigenvalue weighted by molar-refractivity contribution is 5.75. The van der Waals surface area contributed by atoms with Gasteiger partial charge in [-0.3, -0.25) is 9.59 Å². The molecule has 4 aromatic rings. The van der Waals surface area contributed by atoms with Crippen molar-refractivity contribution in [3.8, 4) is 22.5 Å². The summed E-state index contributed by atoms with van der Waals surface area (Å²) in [6, 6.07) is 23.2. The summed E-state index contributed by atoms with van der Waals surface area (Å²) < 4.78 is 4.02. The molecule has 28 heavy (non-hydrogen) atoms. The molecular formula is C24H18N2O2+2. The lowest BCUT2D eigenvalue weighted by atomic mass is 10.1. The standard InChI is InChI=1S/C24H18N2O2/c27-17-19-1-5-23(6-2-19)25-13-9-21(10-14-25)22-11-15-26(16-12-22)24-7-3-20(18-28)4-8-24/h1-18H/q+2. The van der Waals surface area contributed by atoms with Crippen molar-refractivity contribution in [2.24, 2.45) is 0 Å². The Labute approximate surface area is 163 Å². The van der Waals surface area contributed by atoms with Gasteiger partial charge < -0.3 is 0 Å². The molecule has 0 aliphatic heterocycles. The van der Waals surface area contributed by atoms with Gasteiger partial charge in [0.25, 0.3) is 0 Å². The van der Waals surface area contributed by atoms with E-state index in [1.54, 1.807) is 24.3 Å². The summed E-state index contributed by atoms with van der Waals surface area (Å²) in [5, 5.41) is 0. The lowest BCUT2D eigenvalue weighted by molar-refractivity contribution is -0.596. The summed E-state index contributed by atoms with van der Waals surface area (Å²) in [6.07, 6.45) is 9.70. The normalized spacial score (nSPS) is 10.4. The van der Waals surface area contributed by atoms with Crippen molar-refractivity contribution < 1.29 is 18.7 Å². The molecule has 0 saturated carbocycles. The Hall–Kier alpha value is -3.92. The molecule has 0 N–H and O–H groups in total. The molecule has 0 fully saturated rings. The van der Waals surface area contributed by atoms with Crippen LogP contribution in [0.4, 0.5) is 0 Å². The molecule has 0 spiro atoms. The van der Waals surface area contributed by atoms with E-state index in [0.29, 0.717) is 11.1 Å². The Morgan fingerprint density at radius 2 is 0.786 bits per heavy atom. The zero-order valence-corrected chi connectivity index (χ0v) is 15.1. The smallest absolute Gasteiger partial charge is 0.210 e. The van der Waals surface area contributed by atoms with E-state index < -0.39 is 0 Å². The van der Waals surface area contributed by atoms with Crippen LogP contribution in [0.2, 0.25) is 0 Å². The van der Waals surface area contributed by atoms with Gasteiger partial charge in [-0.15, -0.1) is 0 Å². The minimum absolute atomic E-state index is 0.666. The van der Waals surface area contributed by atoms with Crippen molar-refractivity contribution in [3.05, 3.63) is 109 Å². The maximum absolute atomic E-state index is 10.8. The largest absolute Gasteiger partial charge is 0.298 e. The molecule has 2 heterocycles. The second kappa shape index (κ2) is 7.76. The summed E-state index contributed by atoms with van der Waals surface area (Å²) in [7, 11) is 0. The average Bonchev–Trinajstić information content (AvgIpc) is 2.79. The number of hydrogen-bond donors (Lipinski definition) is 0. The molecule has 0 bridgehead atoms. The minimum Gasteiger partial charge on any atom is -0.298 e. The SMILES string of the molecule is O=Cc1ccc(-[n+]2ccc(-c3cc[n+](-c4ccc(C=O)cc4)cc3)cc2)cc1. The van der Waals surface area contributed by atoms with Gasteiger partial charge in [-0.1, -0.05) is 0 Å². The van der Waals surface area contributed by atoms with Gasteiger partial charge in [-0.2, -0.15) is 9.13 Å². The third kappa shape index (κ3) is 3.62. The molecule has 2 aromatic heterocycles. The number of aldehydes is 2. The van der Waals surface area contributed by atoms with Crippen molar-refractivity contribution in [2.45, 2.75) is 0 Å². The Morgan fingerprint density at radius 3 is 1.07 bits per heavy atom. The number of rotatable bonds is 5. The lowest BCUT2D eigenvalue weighted by Gasteiger charge is -2.01. The lowest BCUT2D eigenvalue weighted by Crippen LogP contribution is -2.29. The number of pyridine rings is 2. The van der Waals surface area contributed by atoms with Crippen LogP contribution in [0.15, 0.2) is 97.6 Å². The van der Waals surface area contributed by atoms with Crippen LogP contribution in [0.3, 0.4) is 0 Å². The minimum atomic E-state index is 0.666. The highest BCUT2D eigenvalue weighted by Crippen LogP contribution is 2.16. The second-order valence-corrected chi connectivity index (χ2v) is 6.41. The van der Waals surface area contributed by atoms with E-state index in [-0.39, 0.29) is 0 Å². The van der Waals surface area contributed by atoms with Crippen LogP contribution in [0.25, 0.3) is 22.5 Å². The van der Waals surface area contributed by atoms with E-state index >= 15 is 0 Å². The fourth-order valence-corrected chi connectivity index (χ4v) is 3.03. The highest BCUT2D eigenvalue weighted by atomic mass is 16.1. The van der Waals surface area contributed by atoms with Crippen molar-refractivity contribution >= 4 is 12.6 Å². The van der Waals surface area contributed by atoms with Crippen molar-refractivity contribution in [2.75, 3.05) is 0 Å². The number of carbonyl (C=O) groups is 2. The molecule has 0 radical (unpaired) electrons. The topological polar surface area (TPSA) is 41.9 Å². The molecule has 0 aliphatic carbocycles. The van der Waals surface area contributed by atoms with Crippen LogP contribution in [0.5, 0.6) is 0 Å². The van der Waals surface area contributed by atoms with Crippen LogP contribution < -0.4 is 9.13 Å². The molecule has 0 saturated heterocycles. The van der Waals surface area contributed by atoms with Gasteiger partial charge in [0, 0.05) is 59.7 Å². The first-order valence-corrected chi connectivity index (χ1v) is 8.91. The third-order valence-electron chi connectivity index (χ3n) is 4.65. The first-order chi connectivity index (χ1) is 13.8. The van der Waals surface area contributed by atoms with Gasteiger partial charge in [0.2, 0.25) is 11.4 Å². The predicted octanol–water partition coefficient (Wildman–Crippen LogP) is 3.53. The van der Waals surface area contributed by atoms with Gasteiger partial charge in [0.15, 0.2) is 24.8 Å². The number of hydrogen-bond acceptors (Lipinski definition) is 2. The quantitative estimate of drug-likeness (QED) is 0.401. The number of nitrogens with zero attached hydrogens (tertiary/aromatic N) is 2. The zero-order valence-electron chi connectivity index (χ0n) is 15.1. The van der Waals surface area contributed by atoms with Gasteiger partial charge in [-0.25, -0.2) is 0 Å². The molecule has 4 rings (SSSR count). The summed E-state index contributed by atoms with van der Waals surface area (Å²) in [6.45, 7) is 0. The van der Waals surface area contributed by atoms with E-state index in [2.05, 4.69) is 24.3 Å². The van der Waals surface area contributed by atoms with Crippen molar-refractivity contribution in [3.63, 3.8) is 0 Å². The number of carbonyl (C=O) groups excluding carboxylic acids is 2. The van der Waals surface area contributed by atoms with E-state index in [4.69, 9.17) is 0 Å². The molecule has 0 amide bonds. The molecule has 0 atom stereocenters. The number of aromatic nitrogens is 2. The summed E-state index contributed by atoms with van der Waals surface area (Å²) in [5.41, 5.74) is 5.57. The van der Waals surface area contributed by atoms with Crippen molar-refractivity contribution in [1.82, 2.24) is 0 Å². The van der Waals surface area contributed by atoms with E-state index in [1.165, 1.54) is 0 Å². The molecule has 2 aromatic carbocycles. The summed E-state index contributed by atoms with van der Waals surface area (Å²) >= 11 is 0. The van der Waals surface area contributed by atoms with Crippen LogP contribution in [0.1, 0.15) is 20.7 Å². The molecular weight excluding hydrogens is 348 g/mol. The van der Waals surface area contributed by atoms with Crippen molar-refractivity contribution in [1.29, 1.82) is 0 Å². The van der Waals surface area contributed by atoms with E-state index in [1.807, 2.05) is 58.2 Å². The van der Waals surface area contributed by atoms with E-state index in [9.17, 15) is 9.59 Å². The Bertz CT molecular complexity index is 1010. The Balaban J connectivity index is 1.55. The highest BCUT2D eigenvalue weighted by Gasteiger charge is 2.09. The van der Waals surface area contributed by atoms with Crippen LogP contribution in [0, 0.1) is 0 Å². The maximum atomic E-state index is 10.8. The molecule has 4 heteroatoms. The molecule has 4 nitrogen and oxygen atoms in total. The predicted molar refractivity (Wildman–Crippen MR) is 106 cm³/mol. The monoisotopic (exact) mass is 366 g/mol. The zero-order chi connectivity index (χ0) is 19.3. The Kier molecular flexibility index (Phi) is 4.85. The van der Waals surface area contributed by atoms with Gasteiger partial charge in [0.1, 0.15) is 12.6 Å². The van der Waals surface area contributed by atoms with Gasteiger partial charge in [0.05, 0.1) is 0 Å².